The number of fused-ring (bicyclic) bond motifs is 2. The fraction of sp³-hybridized carbons (Fsp3) is 0.296. The Morgan fingerprint density at radius 3 is 2.59 bits per heavy atom. The monoisotopic (exact) mass is 451 g/mol. The van der Waals surface area contributed by atoms with Crippen LogP contribution in [-0.2, 0) is 6.54 Å². The maximum Gasteiger partial charge on any atom is 0.180 e. The molecule has 0 bridgehead atoms. The summed E-state index contributed by atoms with van der Waals surface area (Å²) in [6.45, 7) is 9.64. The quantitative estimate of drug-likeness (QED) is 0.480. The molecule has 4 heterocycles. The molecule has 0 radical (unpaired) electrons. The van der Waals surface area contributed by atoms with Crippen LogP contribution in [0.2, 0.25) is 0 Å². The Morgan fingerprint density at radius 1 is 0.971 bits per heavy atom. The number of aromatic nitrogens is 3. The maximum atomic E-state index is 4.95. The van der Waals surface area contributed by atoms with Crippen LogP contribution in [0, 0.1) is 0 Å². The van der Waals surface area contributed by atoms with Crippen molar-refractivity contribution < 1.29 is 0 Å². The fourth-order valence-electron chi connectivity index (χ4n) is 4.81. The highest BCUT2D eigenvalue weighted by Gasteiger charge is 2.19. The van der Waals surface area contributed by atoms with E-state index in [9.17, 15) is 0 Å². The molecule has 0 saturated carbocycles. The van der Waals surface area contributed by atoms with Crippen molar-refractivity contribution in [3.63, 3.8) is 0 Å². The summed E-state index contributed by atoms with van der Waals surface area (Å²) in [5.74, 6) is 0.748. The molecule has 0 amide bonds. The van der Waals surface area contributed by atoms with Crippen molar-refractivity contribution in [2.45, 2.75) is 26.4 Å². The van der Waals surface area contributed by atoms with E-state index in [1.54, 1.807) is 0 Å². The molecule has 34 heavy (non-hydrogen) atoms. The molecule has 0 aliphatic carbocycles. The first-order valence-electron chi connectivity index (χ1n) is 12.0. The molecule has 0 atom stereocenters. The van der Waals surface area contributed by atoms with Crippen molar-refractivity contribution in [3.8, 4) is 11.3 Å². The summed E-state index contributed by atoms with van der Waals surface area (Å²) in [6.07, 6.45) is 7.74. The molecule has 2 aliphatic rings. The number of hydrogen-bond donors (Lipinski definition) is 1. The van der Waals surface area contributed by atoms with Crippen LogP contribution in [-0.4, -0.2) is 57.7 Å². The van der Waals surface area contributed by atoms with Gasteiger partial charge < -0.3 is 14.6 Å². The van der Waals surface area contributed by atoms with E-state index >= 15 is 0 Å². The minimum absolute atomic E-state index is 0.613. The van der Waals surface area contributed by atoms with Crippen LogP contribution in [0.5, 0.6) is 0 Å². The summed E-state index contributed by atoms with van der Waals surface area (Å²) in [5.41, 5.74) is 7.49. The molecule has 2 aromatic heterocycles. The molecule has 172 valence electrons. The fourth-order valence-corrected chi connectivity index (χ4v) is 4.81. The molecule has 2 aliphatic heterocycles. The van der Waals surface area contributed by atoms with Crippen molar-refractivity contribution in [1.29, 1.82) is 0 Å². The van der Waals surface area contributed by atoms with Gasteiger partial charge in [-0.3, -0.25) is 9.89 Å². The minimum atomic E-state index is 0.613. The normalized spacial score (nSPS) is 15.9. The third kappa shape index (κ3) is 3.92. The first-order valence-corrected chi connectivity index (χ1v) is 12.0. The Bertz CT molecular complexity index is 1350. The summed E-state index contributed by atoms with van der Waals surface area (Å²) < 4.78 is 2.02. The third-order valence-corrected chi connectivity index (χ3v) is 6.84. The van der Waals surface area contributed by atoms with Crippen molar-refractivity contribution >= 4 is 29.1 Å². The van der Waals surface area contributed by atoms with Gasteiger partial charge in [0.05, 0.1) is 12.2 Å². The lowest BCUT2D eigenvalue weighted by Gasteiger charge is -2.38. The number of rotatable bonds is 5. The molecule has 0 spiro atoms. The van der Waals surface area contributed by atoms with Crippen molar-refractivity contribution in [1.82, 2.24) is 19.3 Å². The summed E-state index contributed by atoms with van der Waals surface area (Å²) in [6, 6.07) is 15.7. The predicted octanol–water partition coefficient (Wildman–Crippen LogP) is 4.60. The second-order valence-electron chi connectivity index (χ2n) is 9.30. The van der Waals surface area contributed by atoms with E-state index in [2.05, 4.69) is 81.4 Å². The van der Waals surface area contributed by atoms with E-state index in [1.165, 1.54) is 16.8 Å². The van der Waals surface area contributed by atoms with Crippen LogP contribution >= 0.6 is 0 Å². The molecular weight excluding hydrogens is 422 g/mol. The molecule has 1 saturated heterocycles. The first kappa shape index (κ1) is 20.9. The molecular formula is C27H29N7. The lowest BCUT2D eigenvalue weighted by Crippen LogP contribution is -2.48. The highest BCUT2D eigenvalue weighted by molar-refractivity contribution is 5.86. The largest absolute Gasteiger partial charge is 0.369 e. The smallest absolute Gasteiger partial charge is 0.180 e. The molecule has 1 fully saturated rings. The van der Waals surface area contributed by atoms with E-state index in [0.29, 0.717) is 6.04 Å². The summed E-state index contributed by atoms with van der Waals surface area (Å²) >= 11 is 0. The van der Waals surface area contributed by atoms with Gasteiger partial charge in [-0.25, -0.2) is 9.97 Å². The number of piperazine rings is 1. The van der Waals surface area contributed by atoms with E-state index in [1.807, 2.05) is 29.2 Å². The Morgan fingerprint density at radius 2 is 1.79 bits per heavy atom. The molecule has 2 aromatic carbocycles. The van der Waals surface area contributed by atoms with E-state index in [-0.39, 0.29) is 0 Å². The van der Waals surface area contributed by atoms with Gasteiger partial charge in [-0.1, -0.05) is 12.1 Å². The predicted molar refractivity (Wildman–Crippen MR) is 138 cm³/mol. The lowest BCUT2D eigenvalue weighted by atomic mass is 10.0. The number of nitrogens with zero attached hydrogens (tertiary/aromatic N) is 6. The number of anilines is 3. The van der Waals surface area contributed by atoms with Crippen LogP contribution < -0.4 is 10.2 Å². The van der Waals surface area contributed by atoms with Gasteiger partial charge in [-0.2, -0.15) is 0 Å². The zero-order valence-electron chi connectivity index (χ0n) is 19.6. The summed E-state index contributed by atoms with van der Waals surface area (Å²) in [4.78, 5) is 18.9. The summed E-state index contributed by atoms with van der Waals surface area (Å²) in [5, 5.41) is 3.50. The maximum absolute atomic E-state index is 4.95. The summed E-state index contributed by atoms with van der Waals surface area (Å²) in [7, 11) is 0. The van der Waals surface area contributed by atoms with Gasteiger partial charge in [0.1, 0.15) is 0 Å². The van der Waals surface area contributed by atoms with Gasteiger partial charge >= 0.3 is 0 Å². The molecule has 7 nitrogen and oxygen atoms in total. The highest BCUT2D eigenvalue weighted by atomic mass is 15.3. The Hall–Kier alpha value is -3.71. The Labute approximate surface area is 199 Å². The van der Waals surface area contributed by atoms with Crippen LogP contribution in [0.25, 0.3) is 16.9 Å². The van der Waals surface area contributed by atoms with E-state index in [0.717, 1.165) is 61.1 Å². The van der Waals surface area contributed by atoms with Gasteiger partial charge in [0.15, 0.2) is 11.5 Å². The average Bonchev–Trinajstić information content (AvgIpc) is 3.53. The van der Waals surface area contributed by atoms with Crippen molar-refractivity contribution in [2.75, 3.05) is 36.4 Å². The lowest BCUT2D eigenvalue weighted by molar-refractivity contribution is 0.209. The Kier molecular flexibility index (Phi) is 5.26. The van der Waals surface area contributed by atoms with Crippen molar-refractivity contribution in [2.24, 2.45) is 4.99 Å². The van der Waals surface area contributed by atoms with Crippen LogP contribution in [0.1, 0.15) is 25.0 Å². The number of imidazole rings is 1. The van der Waals surface area contributed by atoms with Gasteiger partial charge in [0, 0.05) is 74.0 Å². The zero-order chi connectivity index (χ0) is 23.1. The molecule has 6 rings (SSSR count). The first-order chi connectivity index (χ1) is 16.6. The second-order valence-corrected chi connectivity index (χ2v) is 9.30. The second kappa shape index (κ2) is 8.57. The minimum Gasteiger partial charge on any atom is -0.369 e. The van der Waals surface area contributed by atoms with Crippen LogP contribution in [0.4, 0.5) is 17.2 Å². The third-order valence-electron chi connectivity index (χ3n) is 6.84. The highest BCUT2D eigenvalue weighted by Crippen LogP contribution is 2.28. The molecule has 1 N–H and O–H groups in total. The van der Waals surface area contributed by atoms with Crippen molar-refractivity contribution in [3.05, 3.63) is 72.2 Å². The molecule has 7 heteroatoms. The Balaban J connectivity index is 1.24. The number of hydrogen-bond acceptors (Lipinski definition) is 6. The molecule has 0 unspecified atom stereocenters. The van der Waals surface area contributed by atoms with Crippen LogP contribution in [0.15, 0.2) is 66.0 Å². The van der Waals surface area contributed by atoms with Gasteiger partial charge in [0.2, 0.25) is 0 Å². The van der Waals surface area contributed by atoms with E-state index in [4.69, 9.17) is 4.98 Å². The SMILES string of the molecule is CC(C)N1CCN(c2ccc(Nc3nc(-c4ccc5c(c4)CN=C5)cn4ccnc34)cc2)CC1. The van der Waals surface area contributed by atoms with Gasteiger partial charge in [0.25, 0.3) is 0 Å². The number of benzene rings is 2. The van der Waals surface area contributed by atoms with Crippen LogP contribution in [0.3, 0.4) is 0 Å². The molecule has 4 aromatic rings. The number of nitrogens with one attached hydrogen (secondary N) is 1. The standard InChI is InChI=1S/C27H29N7/c1-19(2)32-11-13-33(14-12-32)24-7-5-23(6-8-24)30-26-27-29-9-10-34(27)18-25(31-26)20-3-4-21-16-28-17-22(21)15-20/h3-10,15-16,18-19H,11-14,17H2,1-2H3,(H,30,31). The number of aliphatic imine (C=N–C) groups is 1. The topological polar surface area (TPSA) is 61.1 Å². The van der Waals surface area contributed by atoms with Gasteiger partial charge in [-0.15, -0.1) is 0 Å². The average molecular weight is 452 g/mol. The van der Waals surface area contributed by atoms with Gasteiger partial charge in [-0.05, 0) is 55.3 Å². The zero-order valence-corrected chi connectivity index (χ0v) is 19.6. The van der Waals surface area contributed by atoms with E-state index < -0.39 is 0 Å².